The second-order valence-electron chi connectivity index (χ2n) is 2.92. The van der Waals surface area contributed by atoms with Crippen LogP contribution in [0.3, 0.4) is 0 Å². The SMILES string of the molecule is Cc1nc2ccc(F)cn2c1CN. The number of halogens is 1. The Morgan fingerprint density at radius 3 is 3.00 bits per heavy atom. The fourth-order valence-corrected chi connectivity index (χ4v) is 1.43. The fraction of sp³-hybridized carbons (Fsp3) is 0.222. The van der Waals surface area contributed by atoms with E-state index < -0.39 is 0 Å². The molecule has 0 atom stereocenters. The summed E-state index contributed by atoms with van der Waals surface area (Å²) >= 11 is 0. The largest absolute Gasteiger partial charge is 0.325 e. The van der Waals surface area contributed by atoms with Crippen molar-refractivity contribution in [2.45, 2.75) is 13.5 Å². The second kappa shape index (κ2) is 2.81. The van der Waals surface area contributed by atoms with E-state index in [0.717, 1.165) is 17.0 Å². The number of nitrogens with zero attached hydrogens (tertiary/aromatic N) is 2. The normalized spacial score (nSPS) is 11.0. The van der Waals surface area contributed by atoms with Gasteiger partial charge < -0.3 is 5.73 Å². The molecule has 2 rings (SSSR count). The molecule has 2 heterocycles. The molecule has 0 spiro atoms. The summed E-state index contributed by atoms with van der Waals surface area (Å²) in [4.78, 5) is 4.24. The van der Waals surface area contributed by atoms with E-state index in [4.69, 9.17) is 5.73 Å². The molecule has 0 aliphatic carbocycles. The summed E-state index contributed by atoms with van der Waals surface area (Å²) in [5, 5.41) is 0. The average Bonchev–Trinajstić information content (AvgIpc) is 2.40. The zero-order valence-electron chi connectivity index (χ0n) is 7.29. The van der Waals surface area contributed by atoms with Crippen molar-refractivity contribution in [3.8, 4) is 0 Å². The van der Waals surface area contributed by atoms with Gasteiger partial charge in [-0.2, -0.15) is 0 Å². The van der Waals surface area contributed by atoms with Crippen molar-refractivity contribution in [3.05, 3.63) is 35.5 Å². The third-order valence-corrected chi connectivity index (χ3v) is 2.07. The Morgan fingerprint density at radius 1 is 1.54 bits per heavy atom. The molecule has 0 saturated heterocycles. The lowest BCUT2D eigenvalue weighted by Crippen LogP contribution is -2.02. The molecular formula is C9H10FN3. The van der Waals surface area contributed by atoms with E-state index in [1.54, 1.807) is 10.5 Å². The summed E-state index contributed by atoms with van der Waals surface area (Å²) in [5.74, 6) is -0.278. The predicted molar refractivity (Wildman–Crippen MR) is 47.8 cm³/mol. The summed E-state index contributed by atoms with van der Waals surface area (Å²) in [6, 6.07) is 3.03. The highest BCUT2D eigenvalue weighted by atomic mass is 19.1. The van der Waals surface area contributed by atoms with Crippen molar-refractivity contribution in [1.29, 1.82) is 0 Å². The Morgan fingerprint density at radius 2 is 2.31 bits per heavy atom. The molecule has 3 nitrogen and oxygen atoms in total. The van der Waals surface area contributed by atoms with Gasteiger partial charge in [0.25, 0.3) is 0 Å². The summed E-state index contributed by atoms with van der Waals surface area (Å²) < 4.78 is 14.6. The zero-order chi connectivity index (χ0) is 9.42. The van der Waals surface area contributed by atoms with Gasteiger partial charge in [0.1, 0.15) is 11.5 Å². The molecule has 13 heavy (non-hydrogen) atoms. The maximum absolute atomic E-state index is 12.9. The highest BCUT2D eigenvalue weighted by Gasteiger charge is 2.06. The first-order valence-corrected chi connectivity index (χ1v) is 4.05. The van der Waals surface area contributed by atoms with Gasteiger partial charge in [0, 0.05) is 12.7 Å². The van der Waals surface area contributed by atoms with Crippen LogP contribution < -0.4 is 5.73 Å². The number of aryl methyl sites for hydroxylation is 1. The van der Waals surface area contributed by atoms with E-state index in [2.05, 4.69) is 4.98 Å². The third kappa shape index (κ3) is 1.19. The zero-order valence-corrected chi connectivity index (χ0v) is 7.29. The first-order chi connectivity index (χ1) is 6.22. The lowest BCUT2D eigenvalue weighted by atomic mass is 10.3. The van der Waals surface area contributed by atoms with Gasteiger partial charge in [-0.15, -0.1) is 0 Å². The van der Waals surface area contributed by atoms with Crippen LogP contribution in [0.1, 0.15) is 11.4 Å². The lowest BCUT2D eigenvalue weighted by molar-refractivity contribution is 0.617. The van der Waals surface area contributed by atoms with Crippen molar-refractivity contribution in [2.24, 2.45) is 5.73 Å². The molecule has 0 bridgehead atoms. The van der Waals surface area contributed by atoms with Crippen molar-refractivity contribution in [1.82, 2.24) is 9.38 Å². The number of hydrogen-bond donors (Lipinski definition) is 1. The summed E-state index contributed by atoms with van der Waals surface area (Å²) in [5.41, 5.74) is 7.97. The molecule has 68 valence electrons. The highest BCUT2D eigenvalue weighted by Crippen LogP contribution is 2.11. The van der Waals surface area contributed by atoms with Crippen LogP contribution in [0, 0.1) is 12.7 Å². The van der Waals surface area contributed by atoms with Crippen LogP contribution in [0.4, 0.5) is 4.39 Å². The topological polar surface area (TPSA) is 43.3 Å². The Bertz CT molecular complexity index is 447. The molecule has 0 aliphatic rings. The van der Waals surface area contributed by atoms with Gasteiger partial charge in [-0.1, -0.05) is 0 Å². The maximum atomic E-state index is 12.9. The number of pyridine rings is 1. The van der Waals surface area contributed by atoms with E-state index in [1.807, 2.05) is 6.92 Å². The smallest absolute Gasteiger partial charge is 0.139 e. The van der Waals surface area contributed by atoms with Crippen LogP contribution in [-0.2, 0) is 6.54 Å². The van der Waals surface area contributed by atoms with Crippen LogP contribution in [0.15, 0.2) is 18.3 Å². The van der Waals surface area contributed by atoms with E-state index in [-0.39, 0.29) is 5.82 Å². The van der Waals surface area contributed by atoms with E-state index >= 15 is 0 Å². The molecule has 2 N–H and O–H groups in total. The molecule has 0 amide bonds. The molecule has 0 unspecified atom stereocenters. The van der Waals surface area contributed by atoms with Crippen LogP contribution in [0.25, 0.3) is 5.65 Å². The summed E-state index contributed by atoms with van der Waals surface area (Å²) in [6.07, 6.45) is 1.40. The van der Waals surface area contributed by atoms with Gasteiger partial charge in [0.15, 0.2) is 0 Å². The minimum atomic E-state index is -0.278. The number of imidazole rings is 1. The average molecular weight is 179 g/mol. The van der Waals surface area contributed by atoms with Gasteiger partial charge in [-0.25, -0.2) is 9.37 Å². The minimum absolute atomic E-state index is 0.278. The Labute approximate surface area is 75.0 Å². The van der Waals surface area contributed by atoms with Crippen molar-refractivity contribution >= 4 is 5.65 Å². The molecular weight excluding hydrogens is 169 g/mol. The maximum Gasteiger partial charge on any atom is 0.139 e. The van der Waals surface area contributed by atoms with Crippen molar-refractivity contribution in [2.75, 3.05) is 0 Å². The quantitative estimate of drug-likeness (QED) is 0.715. The van der Waals surface area contributed by atoms with Crippen LogP contribution in [0.2, 0.25) is 0 Å². The first-order valence-electron chi connectivity index (χ1n) is 4.05. The van der Waals surface area contributed by atoms with Gasteiger partial charge >= 0.3 is 0 Å². The van der Waals surface area contributed by atoms with E-state index in [1.165, 1.54) is 12.3 Å². The number of aromatic nitrogens is 2. The predicted octanol–water partition coefficient (Wildman–Crippen LogP) is 1.24. The van der Waals surface area contributed by atoms with Gasteiger partial charge in [-0.05, 0) is 19.1 Å². The van der Waals surface area contributed by atoms with Crippen LogP contribution >= 0.6 is 0 Å². The number of fused-ring (bicyclic) bond motifs is 1. The molecule has 0 aromatic carbocycles. The molecule has 4 heteroatoms. The Balaban J connectivity index is 2.80. The molecule has 0 fully saturated rings. The van der Waals surface area contributed by atoms with Gasteiger partial charge in [-0.3, -0.25) is 4.40 Å². The summed E-state index contributed by atoms with van der Waals surface area (Å²) in [6.45, 7) is 2.24. The van der Waals surface area contributed by atoms with E-state index in [9.17, 15) is 4.39 Å². The first kappa shape index (κ1) is 8.19. The molecule has 0 saturated carbocycles. The number of hydrogen-bond acceptors (Lipinski definition) is 2. The molecule has 0 aliphatic heterocycles. The lowest BCUT2D eigenvalue weighted by Gasteiger charge is -1.98. The second-order valence-corrected chi connectivity index (χ2v) is 2.92. The Hall–Kier alpha value is -1.42. The monoisotopic (exact) mass is 179 g/mol. The van der Waals surface area contributed by atoms with Crippen molar-refractivity contribution < 1.29 is 4.39 Å². The standard InChI is InChI=1S/C9H10FN3/c1-6-8(4-11)13-5-7(10)2-3-9(13)12-6/h2-3,5H,4,11H2,1H3. The van der Waals surface area contributed by atoms with Crippen molar-refractivity contribution in [3.63, 3.8) is 0 Å². The number of rotatable bonds is 1. The van der Waals surface area contributed by atoms with Gasteiger partial charge in [0.05, 0.1) is 11.4 Å². The molecule has 2 aromatic heterocycles. The van der Waals surface area contributed by atoms with Crippen LogP contribution in [0.5, 0.6) is 0 Å². The van der Waals surface area contributed by atoms with Crippen LogP contribution in [-0.4, -0.2) is 9.38 Å². The van der Waals surface area contributed by atoms with Gasteiger partial charge in [0.2, 0.25) is 0 Å². The highest BCUT2D eigenvalue weighted by molar-refractivity contribution is 5.42. The number of nitrogens with two attached hydrogens (primary N) is 1. The molecule has 2 aromatic rings. The Kier molecular flexibility index (Phi) is 1.77. The minimum Gasteiger partial charge on any atom is -0.325 e. The van der Waals surface area contributed by atoms with E-state index in [0.29, 0.717) is 6.54 Å². The summed E-state index contributed by atoms with van der Waals surface area (Å²) in [7, 11) is 0. The molecule has 0 radical (unpaired) electrons. The third-order valence-electron chi connectivity index (χ3n) is 2.07. The fourth-order valence-electron chi connectivity index (χ4n) is 1.43.